The van der Waals surface area contributed by atoms with Gasteiger partial charge in [0, 0.05) is 19.3 Å². The van der Waals surface area contributed by atoms with Crippen LogP contribution in [0.4, 0.5) is 0 Å². The van der Waals surface area contributed by atoms with Gasteiger partial charge in [-0.2, -0.15) is 0 Å². The van der Waals surface area contributed by atoms with Gasteiger partial charge in [0.1, 0.15) is 13.2 Å². The molecule has 0 aliphatic heterocycles. The van der Waals surface area contributed by atoms with E-state index >= 15 is 0 Å². The molecule has 0 spiro atoms. The summed E-state index contributed by atoms with van der Waals surface area (Å²) in [5.74, 6) is -0.911. The van der Waals surface area contributed by atoms with E-state index in [1.807, 2.05) is 0 Å². The molecule has 0 heterocycles. The number of ether oxygens (including phenoxy) is 3. The maximum Gasteiger partial charge on any atom is 0.306 e. The predicted octanol–water partition coefficient (Wildman–Crippen LogP) is 21.4. The molecular weight excluding hydrogens is 925 g/mol. The molecule has 0 radical (unpaired) electrons. The van der Waals surface area contributed by atoms with E-state index in [9.17, 15) is 14.4 Å². The summed E-state index contributed by atoms with van der Waals surface area (Å²) in [7, 11) is 0. The Labute approximate surface area is 463 Å². The third-order valence-corrected chi connectivity index (χ3v) is 13.3. The Bertz CT molecular complexity index is 1520. The first-order valence-corrected chi connectivity index (χ1v) is 31.4. The second kappa shape index (κ2) is 62.6. The maximum absolute atomic E-state index is 12.9. The van der Waals surface area contributed by atoms with Crippen molar-refractivity contribution in [2.75, 3.05) is 13.2 Å². The lowest BCUT2D eigenvalue weighted by molar-refractivity contribution is -0.167. The summed E-state index contributed by atoms with van der Waals surface area (Å²) in [6.45, 7) is 6.50. The molecule has 0 fully saturated rings. The van der Waals surface area contributed by atoms with Gasteiger partial charge in [0.15, 0.2) is 6.10 Å². The largest absolute Gasteiger partial charge is 0.462 e. The Morgan fingerprint density at radius 3 is 0.813 bits per heavy atom. The van der Waals surface area contributed by atoms with E-state index in [1.165, 1.54) is 116 Å². The van der Waals surface area contributed by atoms with Crippen LogP contribution in [0.25, 0.3) is 0 Å². The Morgan fingerprint density at radius 2 is 0.520 bits per heavy atom. The highest BCUT2D eigenvalue weighted by Gasteiger charge is 2.19. The third kappa shape index (κ3) is 60.8. The normalized spacial score (nSPS) is 12.8. The van der Waals surface area contributed by atoms with Gasteiger partial charge < -0.3 is 14.2 Å². The second-order valence-corrected chi connectivity index (χ2v) is 20.6. The molecule has 0 amide bonds. The van der Waals surface area contributed by atoms with Crippen molar-refractivity contribution in [3.05, 3.63) is 109 Å². The van der Waals surface area contributed by atoms with Crippen molar-refractivity contribution in [2.45, 2.75) is 297 Å². The molecule has 0 aromatic heterocycles. The minimum atomic E-state index is -0.792. The third-order valence-electron chi connectivity index (χ3n) is 13.3. The molecule has 1 atom stereocenters. The van der Waals surface area contributed by atoms with Gasteiger partial charge in [-0.3, -0.25) is 14.4 Å². The summed E-state index contributed by atoms with van der Waals surface area (Å²) < 4.78 is 16.9. The van der Waals surface area contributed by atoms with Crippen LogP contribution in [0.5, 0.6) is 0 Å². The fourth-order valence-corrected chi connectivity index (χ4v) is 8.57. The molecule has 0 aromatic carbocycles. The molecule has 6 heteroatoms. The minimum Gasteiger partial charge on any atom is -0.462 e. The summed E-state index contributed by atoms with van der Waals surface area (Å²) in [5, 5.41) is 0. The summed E-state index contributed by atoms with van der Waals surface area (Å²) in [4.78, 5) is 38.2. The first kappa shape index (κ1) is 71.1. The van der Waals surface area contributed by atoms with Crippen LogP contribution in [0, 0.1) is 0 Å². The van der Waals surface area contributed by atoms with Crippen molar-refractivity contribution in [1.29, 1.82) is 0 Å². The average molecular weight is 1040 g/mol. The molecule has 6 nitrogen and oxygen atoms in total. The SMILES string of the molecule is CC/C=C\C/C=C\C/C=C\C/C=C\C/C=C\C/C=C\CCCCCCCCC(=O)OCC(COC(=O)CCCCCCCCCCCCC)OC(=O)CCCCCCCC/C=C\C/C=C\C/C=C\CCCCCCC. The van der Waals surface area contributed by atoms with Crippen molar-refractivity contribution in [2.24, 2.45) is 0 Å². The van der Waals surface area contributed by atoms with Crippen LogP contribution < -0.4 is 0 Å². The molecule has 0 N–H and O–H groups in total. The quantitative estimate of drug-likeness (QED) is 0.0261. The van der Waals surface area contributed by atoms with Gasteiger partial charge in [0.05, 0.1) is 0 Å². The van der Waals surface area contributed by atoms with Crippen molar-refractivity contribution >= 4 is 17.9 Å². The number of hydrogen-bond acceptors (Lipinski definition) is 6. The van der Waals surface area contributed by atoms with Crippen LogP contribution in [-0.4, -0.2) is 37.2 Å². The van der Waals surface area contributed by atoms with E-state index < -0.39 is 6.10 Å². The molecule has 0 saturated carbocycles. The van der Waals surface area contributed by atoms with E-state index in [2.05, 4.69) is 130 Å². The van der Waals surface area contributed by atoms with Crippen LogP contribution in [0.1, 0.15) is 290 Å². The summed E-state index contributed by atoms with van der Waals surface area (Å²) >= 11 is 0. The number of carbonyl (C=O) groups excluding carboxylic acids is 3. The van der Waals surface area contributed by atoms with Gasteiger partial charge in [0.25, 0.3) is 0 Å². The van der Waals surface area contributed by atoms with Gasteiger partial charge in [-0.05, 0) is 109 Å². The fraction of sp³-hybridized carbons (Fsp3) is 0.696. The second-order valence-electron chi connectivity index (χ2n) is 20.6. The van der Waals surface area contributed by atoms with Crippen LogP contribution >= 0.6 is 0 Å². The van der Waals surface area contributed by atoms with E-state index in [-0.39, 0.29) is 31.1 Å². The molecule has 0 aromatic rings. The van der Waals surface area contributed by atoms with Crippen molar-refractivity contribution in [3.8, 4) is 0 Å². The van der Waals surface area contributed by atoms with E-state index in [4.69, 9.17) is 14.2 Å². The number of allylic oxidation sites excluding steroid dienone is 18. The van der Waals surface area contributed by atoms with Crippen LogP contribution in [0.15, 0.2) is 109 Å². The summed E-state index contributed by atoms with van der Waals surface area (Å²) in [6, 6.07) is 0. The lowest BCUT2D eigenvalue weighted by Gasteiger charge is -2.18. The Morgan fingerprint density at radius 1 is 0.280 bits per heavy atom. The summed E-state index contributed by atoms with van der Waals surface area (Å²) in [5.41, 5.74) is 0. The monoisotopic (exact) mass is 1040 g/mol. The number of esters is 3. The summed E-state index contributed by atoms with van der Waals surface area (Å²) in [6.07, 6.45) is 85.1. The standard InChI is InChI=1S/C69H116O6/c1-4-7-10-13-16-19-22-24-26-28-30-32-33-34-35-37-38-40-42-44-47-50-53-56-59-62-68(71)74-65-66(64-73-67(70)61-58-55-52-49-46-21-18-15-12-9-6-3)75-69(72)63-60-57-54-51-48-45-43-41-39-36-31-29-27-25-23-20-17-14-11-8-5-2/h7,10,16,19,23-26,29-32,34-35,38-41,66H,4-6,8-9,11-15,17-18,20-22,27-28,33,36-37,42-65H2,1-3H3/b10-7-,19-16-,25-23-,26-24-,31-29-,32-30-,35-34-,40-38-,41-39-. The number of carbonyl (C=O) groups is 3. The Balaban J connectivity index is 4.37. The highest BCUT2D eigenvalue weighted by Crippen LogP contribution is 2.15. The lowest BCUT2D eigenvalue weighted by atomic mass is 10.1. The molecule has 0 aliphatic rings. The van der Waals surface area contributed by atoms with Crippen molar-refractivity contribution < 1.29 is 28.6 Å². The minimum absolute atomic E-state index is 0.0875. The Hall–Kier alpha value is -3.93. The molecule has 0 aliphatic carbocycles. The van der Waals surface area contributed by atoms with E-state index in [0.717, 1.165) is 135 Å². The average Bonchev–Trinajstić information content (AvgIpc) is 3.41. The molecule has 75 heavy (non-hydrogen) atoms. The van der Waals surface area contributed by atoms with Gasteiger partial charge >= 0.3 is 17.9 Å². The zero-order chi connectivity index (χ0) is 54.3. The molecule has 0 saturated heterocycles. The van der Waals surface area contributed by atoms with Crippen molar-refractivity contribution in [1.82, 2.24) is 0 Å². The topological polar surface area (TPSA) is 78.9 Å². The molecule has 1 unspecified atom stereocenters. The van der Waals surface area contributed by atoms with Crippen molar-refractivity contribution in [3.63, 3.8) is 0 Å². The van der Waals surface area contributed by atoms with Gasteiger partial charge in [-0.15, -0.1) is 0 Å². The molecule has 0 bridgehead atoms. The molecule has 0 rings (SSSR count). The van der Waals surface area contributed by atoms with Crippen LogP contribution in [-0.2, 0) is 28.6 Å². The molecule has 428 valence electrons. The van der Waals surface area contributed by atoms with Crippen LogP contribution in [0.3, 0.4) is 0 Å². The maximum atomic E-state index is 12.9. The first-order chi connectivity index (χ1) is 37.0. The number of rotatable bonds is 56. The van der Waals surface area contributed by atoms with E-state index in [1.54, 1.807) is 0 Å². The highest BCUT2D eigenvalue weighted by molar-refractivity contribution is 5.71. The number of hydrogen-bond donors (Lipinski definition) is 0. The Kier molecular flexibility index (Phi) is 59.3. The van der Waals surface area contributed by atoms with Crippen LogP contribution in [0.2, 0.25) is 0 Å². The predicted molar refractivity (Wildman–Crippen MR) is 325 cm³/mol. The fourth-order valence-electron chi connectivity index (χ4n) is 8.57. The van der Waals surface area contributed by atoms with Gasteiger partial charge in [-0.1, -0.05) is 271 Å². The smallest absolute Gasteiger partial charge is 0.306 e. The molecular formula is C69H116O6. The first-order valence-electron chi connectivity index (χ1n) is 31.4. The van der Waals surface area contributed by atoms with Gasteiger partial charge in [-0.25, -0.2) is 0 Å². The zero-order valence-corrected chi connectivity index (χ0v) is 49.0. The number of unbranched alkanes of at least 4 members (excludes halogenated alkanes) is 27. The zero-order valence-electron chi connectivity index (χ0n) is 49.0. The van der Waals surface area contributed by atoms with Gasteiger partial charge in [0.2, 0.25) is 0 Å². The van der Waals surface area contributed by atoms with E-state index in [0.29, 0.717) is 19.3 Å². The highest BCUT2D eigenvalue weighted by atomic mass is 16.6. The lowest BCUT2D eigenvalue weighted by Crippen LogP contribution is -2.30.